The van der Waals surface area contributed by atoms with E-state index in [2.05, 4.69) is 6.92 Å². The molecule has 0 saturated carbocycles. The molecule has 18 heavy (non-hydrogen) atoms. The molecule has 1 aromatic carbocycles. The first-order valence-corrected chi connectivity index (χ1v) is 6.55. The molecular formula is C15H22O3. The molecule has 0 amide bonds. The van der Waals surface area contributed by atoms with Crippen molar-refractivity contribution in [1.29, 1.82) is 0 Å². The Labute approximate surface area is 109 Å². The number of ether oxygens (including phenoxy) is 2. The number of carbonyl (C=O) groups is 1. The molecule has 1 atom stereocenters. The Kier molecular flexibility index (Phi) is 6.26. The molecule has 0 bridgehead atoms. The van der Waals surface area contributed by atoms with Crippen LogP contribution in [0.2, 0.25) is 0 Å². The second kappa shape index (κ2) is 7.75. The maximum absolute atomic E-state index is 11.6. The van der Waals surface area contributed by atoms with E-state index in [4.69, 9.17) is 9.47 Å². The lowest BCUT2D eigenvalue weighted by molar-refractivity contribution is -0.124. The first-order chi connectivity index (χ1) is 8.67. The van der Waals surface area contributed by atoms with E-state index < -0.39 is 0 Å². The summed E-state index contributed by atoms with van der Waals surface area (Å²) in [4.78, 5) is 11.6. The molecule has 0 aliphatic carbocycles. The van der Waals surface area contributed by atoms with Crippen molar-refractivity contribution < 1.29 is 14.3 Å². The Morgan fingerprint density at radius 2 is 1.67 bits per heavy atom. The fourth-order valence-electron chi connectivity index (χ4n) is 1.38. The van der Waals surface area contributed by atoms with Crippen LogP contribution in [0.15, 0.2) is 24.3 Å². The highest BCUT2D eigenvalue weighted by atomic mass is 16.5. The second-order valence-corrected chi connectivity index (χ2v) is 4.38. The third-order valence-corrected chi connectivity index (χ3v) is 2.84. The summed E-state index contributed by atoms with van der Waals surface area (Å²) in [6.45, 7) is 6.85. The average molecular weight is 250 g/mol. The highest BCUT2D eigenvalue weighted by Gasteiger charge is 2.10. The number of carbonyl (C=O) groups excluding carboxylic acids is 1. The first kappa shape index (κ1) is 14.6. The van der Waals surface area contributed by atoms with Crippen LogP contribution in [0.4, 0.5) is 0 Å². The number of ketones is 1. The van der Waals surface area contributed by atoms with Crippen LogP contribution in [-0.4, -0.2) is 19.0 Å². The lowest BCUT2D eigenvalue weighted by atomic mass is 10.1. The first-order valence-electron chi connectivity index (χ1n) is 6.55. The maximum Gasteiger partial charge on any atom is 0.172 e. The standard InChI is InChI=1S/C15H22O3/c1-4-10-17-13-6-8-14(9-7-13)18-11-15(16)12(3)5-2/h6-9,12H,4-5,10-11H2,1-3H3. The van der Waals surface area contributed by atoms with E-state index in [1.165, 1.54) is 0 Å². The molecule has 0 spiro atoms. The molecule has 0 aromatic heterocycles. The zero-order valence-electron chi connectivity index (χ0n) is 11.4. The van der Waals surface area contributed by atoms with E-state index in [1.807, 2.05) is 38.1 Å². The Bertz CT molecular complexity index is 357. The lowest BCUT2D eigenvalue weighted by Gasteiger charge is -2.10. The number of rotatable bonds is 8. The van der Waals surface area contributed by atoms with E-state index in [1.54, 1.807) is 0 Å². The monoisotopic (exact) mass is 250 g/mol. The van der Waals surface area contributed by atoms with Gasteiger partial charge in [0.2, 0.25) is 0 Å². The van der Waals surface area contributed by atoms with Gasteiger partial charge >= 0.3 is 0 Å². The molecule has 1 aromatic rings. The van der Waals surface area contributed by atoms with Crippen LogP contribution in [-0.2, 0) is 4.79 Å². The van der Waals surface area contributed by atoms with Gasteiger partial charge in [-0.05, 0) is 37.1 Å². The SMILES string of the molecule is CCCOc1ccc(OCC(=O)C(C)CC)cc1. The van der Waals surface area contributed by atoms with Gasteiger partial charge in [-0.15, -0.1) is 0 Å². The van der Waals surface area contributed by atoms with Crippen LogP contribution < -0.4 is 9.47 Å². The molecule has 0 saturated heterocycles. The molecule has 0 aliphatic heterocycles. The minimum Gasteiger partial charge on any atom is -0.494 e. The number of Topliss-reactive ketones (excluding diaryl/α,β-unsaturated/α-hetero) is 1. The summed E-state index contributed by atoms with van der Waals surface area (Å²) in [6, 6.07) is 7.38. The van der Waals surface area contributed by atoms with Crippen LogP contribution in [0, 0.1) is 5.92 Å². The smallest absolute Gasteiger partial charge is 0.172 e. The molecule has 0 N–H and O–H groups in total. The molecule has 0 radical (unpaired) electrons. The fourth-order valence-corrected chi connectivity index (χ4v) is 1.38. The lowest BCUT2D eigenvalue weighted by Crippen LogP contribution is -2.18. The summed E-state index contributed by atoms with van der Waals surface area (Å²) in [5.41, 5.74) is 0. The van der Waals surface area contributed by atoms with E-state index in [9.17, 15) is 4.79 Å². The van der Waals surface area contributed by atoms with Gasteiger partial charge in [-0.1, -0.05) is 20.8 Å². The quantitative estimate of drug-likeness (QED) is 0.708. The molecule has 1 unspecified atom stereocenters. The average Bonchev–Trinajstić information content (AvgIpc) is 2.42. The van der Waals surface area contributed by atoms with Crippen LogP contribution in [0.25, 0.3) is 0 Å². The molecular weight excluding hydrogens is 228 g/mol. The van der Waals surface area contributed by atoms with Crippen LogP contribution >= 0.6 is 0 Å². The summed E-state index contributed by atoms with van der Waals surface area (Å²) >= 11 is 0. The highest BCUT2D eigenvalue weighted by Crippen LogP contribution is 2.18. The Morgan fingerprint density at radius 3 is 2.17 bits per heavy atom. The van der Waals surface area contributed by atoms with Crippen LogP contribution in [0.5, 0.6) is 11.5 Å². The number of hydrogen-bond acceptors (Lipinski definition) is 3. The zero-order valence-corrected chi connectivity index (χ0v) is 11.4. The molecule has 3 nitrogen and oxygen atoms in total. The van der Waals surface area contributed by atoms with Crippen molar-refractivity contribution >= 4 is 5.78 Å². The van der Waals surface area contributed by atoms with E-state index in [0.717, 1.165) is 18.6 Å². The predicted octanol–water partition coefficient (Wildman–Crippen LogP) is 3.47. The molecule has 100 valence electrons. The topological polar surface area (TPSA) is 35.5 Å². The minimum absolute atomic E-state index is 0.0668. The zero-order chi connectivity index (χ0) is 13.4. The summed E-state index contributed by atoms with van der Waals surface area (Å²) < 4.78 is 10.9. The molecule has 0 heterocycles. The van der Waals surface area contributed by atoms with Gasteiger partial charge in [0.25, 0.3) is 0 Å². The summed E-state index contributed by atoms with van der Waals surface area (Å²) in [5.74, 6) is 1.74. The van der Waals surface area contributed by atoms with E-state index in [0.29, 0.717) is 12.4 Å². The summed E-state index contributed by atoms with van der Waals surface area (Å²) in [6.07, 6.45) is 1.84. The van der Waals surface area contributed by atoms with Gasteiger partial charge in [-0.3, -0.25) is 4.79 Å². The third-order valence-electron chi connectivity index (χ3n) is 2.84. The largest absolute Gasteiger partial charge is 0.494 e. The van der Waals surface area contributed by atoms with Crippen molar-refractivity contribution in [2.75, 3.05) is 13.2 Å². The molecule has 3 heteroatoms. The van der Waals surface area contributed by atoms with Crippen molar-refractivity contribution in [3.8, 4) is 11.5 Å². The minimum atomic E-state index is 0.0668. The summed E-state index contributed by atoms with van der Waals surface area (Å²) in [7, 11) is 0. The van der Waals surface area contributed by atoms with E-state index >= 15 is 0 Å². The van der Waals surface area contributed by atoms with Gasteiger partial charge in [-0.25, -0.2) is 0 Å². The Balaban J connectivity index is 2.41. The Morgan fingerprint density at radius 1 is 1.11 bits per heavy atom. The van der Waals surface area contributed by atoms with Crippen LogP contribution in [0.3, 0.4) is 0 Å². The highest BCUT2D eigenvalue weighted by molar-refractivity contribution is 5.82. The van der Waals surface area contributed by atoms with Crippen molar-refractivity contribution in [1.82, 2.24) is 0 Å². The molecule has 1 rings (SSSR count). The van der Waals surface area contributed by atoms with E-state index in [-0.39, 0.29) is 18.3 Å². The predicted molar refractivity (Wildman–Crippen MR) is 72.2 cm³/mol. The van der Waals surface area contributed by atoms with Gasteiger partial charge in [0.05, 0.1) is 6.61 Å². The molecule has 0 aliphatic rings. The van der Waals surface area contributed by atoms with Crippen molar-refractivity contribution in [3.63, 3.8) is 0 Å². The van der Waals surface area contributed by atoms with Crippen molar-refractivity contribution in [2.45, 2.75) is 33.6 Å². The van der Waals surface area contributed by atoms with Gasteiger partial charge < -0.3 is 9.47 Å². The van der Waals surface area contributed by atoms with Crippen molar-refractivity contribution in [2.24, 2.45) is 5.92 Å². The maximum atomic E-state index is 11.6. The number of hydrogen-bond donors (Lipinski definition) is 0. The van der Waals surface area contributed by atoms with Gasteiger partial charge in [-0.2, -0.15) is 0 Å². The van der Waals surface area contributed by atoms with Gasteiger partial charge in [0.15, 0.2) is 5.78 Å². The molecule has 0 fully saturated rings. The second-order valence-electron chi connectivity index (χ2n) is 4.38. The summed E-state index contributed by atoms with van der Waals surface area (Å²) in [5, 5.41) is 0. The van der Waals surface area contributed by atoms with Gasteiger partial charge in [0, 0.05) is 5.92 Å². The van der Waals surface area contributed by atoms with Gasteiger partial charge in [0.1, 0.15) is 18.1 Å². The van der Waals surface area contributed by atoms with Crippen molar-refractivity contribution in [3.05, 3.63) is 24.3 Å². The number of benzene rings is 1. The fraction of sp³-hybridized carbons (Fsp3) is 0.533. The Hall–Kier alpha value is -1.51. The van der Waals surface area contributed by atoms with Crippen LogP contribution in [0.1, 0.15) is 33.6 Å². The third kappa shape index (κ3) is 4.78. The normalized spacial score (nSPS) is 11.9.